The molecule has 0 aliphatic rings. The van der Waals surface area contributed by atoms with E-state index in [2.05, 4.69) is 12.2 Å². The maximum atomic E-state index is 13.4. The normalized spacial score (nSPS) is 13.2. The Morgan fingerprint density at radius 3 is 2.81 bits per heavy atom. The fourth-order valence-electron chi connectivity index (χ4n) is 1.91. The minimum Gasteiger partial charge on any atom is -0.456 e. The van der Waals surface area contributed by atoms with Crippen molar-refractivity contribution in [2.45, 2.75) is 26.3 Å². The van der Waals surface area contributed by atoms with Crippen LogP contribution in [0.15, 0.2) is 28.7 Å². The van der Waals surface area contributed by atoms with E-state index in [4.69, 9.17) is 4.42 Å². The fraction of sp³-hybridized carbons (Fsp3) is 0.385. The van der Waals surface area contributed by atoms with Crippen LogP contribution >= 0.6 is 0 Å². The van der Waals surface area contributed by atoms with Crippen LogP contribution in [0.2, 0.25) is 0 Å². The summed E-state index contributed by atoms with van der Waals surface area (Å²) in [6.07, 6.45) is 0.926. The van der Waals surface area contributed by atoms with Gasteiger partial charge in [0, 0.05) is 5.39 Å². The monoisotopic (exact) mass is 221 g/mol. The van der Waals surface area contributed by atoms with Crippen molar-refractivity contribution >= 4 is 11.0 Å². The molecule has 1 unspecified atom stereocenters. The molecule has 2 nitrogen and oxygen atoms in total. The Kier molecular flexibility index (Phi) is 3.25. The Morgan fingerprint density at radius 1 is 1.38 bits per heavy atom. The van der Waals surface area contributed by atoms with Gasteiger partial charge in [-0.2, -0.15) is 0 Å². The molecule has 1 heterocycles. The molecular formula is C13H16FNO. The lowest BCUT2D eigenvalue weighted by Crippen LogP contribution is -2.19. The molecule has 1 aromatic carbocycles. The Balaban J connectivity index is 2.42. The number of hydrogen-bond donors (Lipinski definition) is 1. The van der Waals surface area contributed by atoms with Gasteiger partial charge in [0.05, 0.1) is 6.04 Å². The third-order valence-corrected chi connectivity index (χ3v) is 2.72. The molecule has 1 atom stereocenters. The van der Waals surface area contributed by atoms with Gasteiger partial charge in [0.25, 0.3) is 0 Å². The molecule has 0 radical (unpaired) electrons. The average Bonchev–Trinajstić information content (AvgIpc) is 2.71. The molecule has 0 amide bonds. The second-order valence-electron chi connectivity index (χ2n) is 3.83. The van der Waals surface area contributed by atoms with Gasteiger partial charge >= 0.3 is 0 Å². The standard InChI is InChI=1S/C13H16FNO/c1-3-11(15-4-2)12-8-9-6-5-7-10(14)13(9)16-12/h5-8,11,15H,3-4H2,1-2H3. The largest absolute Gasteiger partial charge is 0.456 e. The van der Waals surface area contributed by atoms with Gasteiger partial charge in [-0.1, -0.05) is 26.0 Å². The van der Waals surface area contributed by atoms with E-state index in [1.165, 1.54) is 6.07 Å². The number of furan rings is 1. The fourth-order valence-corrected chi connectivity index (χ4v) is 1.91. The molecule has 0 aliphatic carbocycles. The molecule has 1 aromatic heterocycles. The SMILES string of the molecule is CCNC(CC)c1cc2cccc(F)c2o1. The summed E-state index contributed by atoms with van der Waals surface area (Å²) in [5.74, 6) is 0.513. The second-order valence-corrected chi connectivity index (χ2v) is 3.83. The van der Waals surface area contributed by atoms with Crippen molar-refractivity contribution in [3.8, 4) is 0 Å². The summed E-state index contributed by atoms with van der Waals surface area (Å²) in [7, 11) is 0. The van der Waals surface area contributed by atoms with Crippen molar-refractivity contribution in [1.29, 1.82) is 0 Å². The minimum atomic E-state index is -0.296. The van der Waals surface area contributed by atoms with Crippen LogP contribution < -0.4 is 5.32 Å². The van der Waals surface area contributed by atoms with E-state index in [1.54, 1.807) is 6.07 Å². The molecule has 0 fully saturated rings. The molecule has 0 spiro atoms. The first-order valence-corrected chi connectivity index (χ1v) is 5.67. The van der Waals surface area contributed by atoms with Crippen molar-refractivity contribution < 1.29 is 8.81 Å². The third kappa shape index (κ3) is 1.95. The predicted molar refractivity (Wildman–Crippen MR) is 62.9 cm³/mol. The zero-order valence-corrected chi connectivity index (χ0v) is 9.59. The lowest BCUT2D eigenvalue weighted by atomic mass is 10.1. The molecule has 86 valence electrons. The summed E-state index contributed by atoms with van der Waals surface area (Å²) in [4.78, 5) is 0. The first-order valence-electron chi connectivity index (χ1n) is 5.67. The van der Waals surface area contributed by atoms with E-state index in [0.29, 0.717) is 5.58 Å². The van der Waals surface area contributed by atoms with Crippen molar-refractivity contribution in [2.24, 2.45) is 0 Å². The maximum absolute atomic E-state index is 13.4. The molecule has 0 bridgehead atoms. The topological polar surface area (TPSA) is 25.2 Å². The number of rotatable bonds is 4. The van der Waals surface area contributed by atoms with Gasteiger partial charge in [-0.25, -0.2) is 4.39 Å². The van der Waals surface area contributed by atoms with E-state index in [1.807, 2.05) is 19.1 Å². The number of benzene rings is 1. The van der Waals surface area contributed by atoms with Crippen LogP contribution in [-0.4, -0.2) is 6.54 Å². The molecule has 0 aliphatic heterocycles. The van der Waals surface area contributed by atoms with Crippen molar-refractivity contribution in [2.75, 3.05) is 6.54 Å². The van der Waals surface area contributed by atoms with E-state index in [-0.39, 0.29) is 11.9 Å². The van der Waals surface area contributed by atoms with Gasteiger partial charge in [0.15, 0.2) is 11.4 Å². The zero-order chi connectivity index (χ0) is 11.5. The summed E-state index contributed by atoms with van der Waals surface area (Å²) >= 11 is 0. The lowest BCUT2D eigenvalue weighted by molar-refractivity contribution is 0.422. The average molecular weight is 221 g/mol. The van der Waals surface area contributed by atoms with E-state index in [0.717, 1.165) is 24.1 Å². The first kappa shape index (κ1) is 11.1. The molecule has 3 heteroatoms. The van der Waals surface area contributed by atoms with Crippen molar-refractivity contribution in [3.05, 3.63) is 35.8 Å². The van der Waals surface area contributed by atoms with E-state index in [9.17, 15) is 4.39 Å². The van der Waals surface area contributed by atoms with Crippen molar-refractivity contribution in [3.63, 3.8) is 0 Å². The summed E-state index contributed by atoms with van der Waals surface area (Å²) in [6.45, 7) is 5.00. The Hall–Kier alpha value is -1.35. The van der Waals surface area contributed by atoms with Gasteiger partial charge < -0.3 is 9.73 Å². The summed E-state index contributed by atoms with van der Waals surface area (Å²) in [5.41, 5.74) is 0.355. The van der Waals surface area contributed by atoms with Crippen LogP contribution in [0.4, 0.5) is 4.39 Å². The van der Waals surface area contributed by atoms with E-state index >= 15 is 0 Å². The molecule has 1 N–H and O–H groups in total. The Bertz CT molecular complexity index is 478. The highest BCUT2D eigenvalue weighted by Crippen LogP contribution is 2.27. The van der Waals surface area contributed by atoms with Gasteiger partial charge in [0.1, 0.15) is 5.76 Å². The van der Waals surface area contributed by atoms with Crippen LogP contribution in [0, 0.1) is 5.82 Å². The van der Waals surface area contributed by atoms with Crippen LogP contribution in [-0.2, 0) is 0 Å². The number of halogens is 1. The van der Waals surface area contributed by atoms with Gasteiger partial charge in [-0.15, -0.1) is 0 Å². The van der Waals surface area contributed by atoms with Crippen LogP contribution in [0.5, 0.6) is 0 Å². The highest BCUT2D eigenvalue weighted by atomic mass is 19.1. The number of hydrogen-bond acceptors (Lipinski definition) is 2. The molecule has 2 rings (SSSR count). The summed E-state index contributed by atoms with van der Waals surface area (Å²) in [6, 6.07) is 7.06. The Labute approximate surface area is 94.4 Å². The highest BCUT2D eigenvalue weighted by molar-refractivity contribution is 5.78. The van der Waals surface area contributed by atoms with Crippen LogP contribution in [0.1, 0.15) is 32.1 Å². The molecule has 2 aromatic rings. The Morgan fingerprint density at radius 2 is 2.19 bits per heavy atom. The lowest BCUT2D eigenvalue weighted by Gasteiger charge is -2.11. The van der Waals surface area contributed by atoms with Gasteiger partial charge in [-0.3, -0.25) is 0 Å². The second kappa shape index (κ2) is 4.66. The minimum absolute atomic E-state index is 0.164. The summed E-state index contributed by atoms with van der Waals surface area (Å²) in [5, 5.41) is 4.14. The number of para-hydroxylation sites is 1. The third-order valence-electron chi connectivity index (χ3n) is 2.72. The van der Waals surface area contributed by atoms with Crippen LogP contribution in [0.3, 0.4) is 0 Å². The van der Waals surface area contributed by atoms with Crippen molar-refractivity contribution in [1.82, 2.24) is 5.32 Å². The highest BCUT2D eigenvalue weighted by Gasteiger charge is 2.14. The summed E-state index contributed by atoms with van der Waals surface area (Å²) < 4.78 is 19.0. The van der Waals surface area contributed by atoms with E-state index < -0.39 is 0 Å². The maximum Gasteiger partial charge on any atom is 0.169 e. The molecule has 0 saturated carbocycles. The van der Waals surface area contributed by atoms with Crippen LogP contribution in [0.25, 0.3) is 11.0 Å². The molecular weight excluding hydrogens is 205 g/mol. The number of fused-ring (bicyclic) bond motifs is 1. The quantitative estimate of drug-likeness (QED) is 0.852. The smallest absolute Gasteiger partial charge is 0.169 e. The van der Waals surface area contributed by atoms with Gasteiger partial charge in [0.2, 0.25) is 0 Å². The van der Waals surface area contributed by atoms with Gasteiger partial charge in [-0.05, 0) is 25.1 Å². The predicted octanol–water partition coefficient (Wildman–Crippen LogP) is 3.63. The molecule has 0 saturated heterocycles. The number of nitrogens with one attached hydrogen (secondary N) is 1. The zero-order valence-electron chi connectivity index (χ0n) is 9.59. The first-order chi connectivity index (χ1) is 7.76. The molecule has 16 heavy (non-hydrogen) atoms.